The third kappa shape index (κ3) is 3.19. The van der Waals surface area contributed by atoms with Crippen molar-refractivity contribution in [3.63, 3.8) is 0 Å². The zero-order valence-corrected chi connectivity index (χ0v) is 13.8. The van der Waals surface area contributed by atoms with Crippen molar-refractivity contribution in [1.82, 2.24) is 19.5 Å². The molecule has 0 spiro atoms. The Morgan fingerprint density at radius 3 is 2.58 bits per heavy atom. The van der Waals surface area contributed by atoms with Crippen LogP contribution in [-0.2, 0) is 10.9 Å². The van der Waals surface area contributed by atoms with Gasteiger partial charge in [-0.25, -0.2) is 19.3 Å². The lowest BCUT2D eigenvalue weighted by molar-refractivity contribution is -0.144. The van der Waals surface area contributed by atoms with E-state index in [4.69, 9.17) is 9.84 Å². The number of aliphatic hydroxyl groups excluding tert-OH is 2. The molecule has 1 aliphatic rings. The summed E-state index contributed by atoms with van der Waals surface area (Å²) < 4.78 is 59.9. The number of anilines is 1. The van der Waals surface area contributed by atoms with E-state index >= 15 is 0 Å². The first-order valence-corrected chi connectivity index (χ1v) is 7.80. The van der Waals surface area contributed by atoms with E-state index in [1.165, 1.54) is 0 Å². The summed E-state index contributed by atoms with van der Waals surface area (Å²) in [4.78, 5) is 10.9. The van der Waals surface area contributed by atoms with Crippen molar-refractivity contribution >= 4 is 17.0 Å². The Morgan fingerprint density at radius 1 is 1.35 bits per heavy atom. The third-order valence-electron chi connectivity index (χ3n) is 3.85. The monoisotopic (exact) mass is 379 g/mol. The van der Waals surface area contributed by atoms with Crippen LogP contribution in [0.5, 0.6) is 0 Å². The van der Waals surface area contributed by atoms with Gasteiger partial charge in [0, 0.05) is 6.04 Å². The summed E-state index contributed by atoms with van der Waals surface area (Å²) in [5.41, 5.74) is -0.293. The van der Waals surface area contributed by atoms with Gasteiger partial charge in [0.2, 0.25) is 5.82 Å². The van der Waals surface area contributed by atoms with Crippen LogP contribution in [0.3, 0.4) is 0 Å². The fourth-order valence-corrected chi connectivity index (χ4v) is 2.68. The van der Waals surface area contributed by atoms with E-state index in [0.717, 1.165) is 10.9 Å². The van der Waals surface area contributed by atoms with Gasteiger partial charge in [0.25, 0.3) is 0 Å². The number of rotatable bonds is 4. The van der Waals surface area contributed by atoms with Gasteiger partial charge in [0.05, 0.1) is 12.9 Å². The number of aliphatic hydroxyl groups is 2. The van der Waals surface area contributed by atoms with Gasteiger partial charge in [-0.2, -0.15) is 13.2 Å². The molecule has 144 valence electrons. The molecule has 0 aliphatic carbocycles. The maximum Gasteiger partial charge on any atom is 0.451 e. The molecule has 2 unspecified atom stereocenters. The Balaban J connectivity index is 2.13. The van der Waals surface area contributed by atoms with Gasteiger partial charge in [-0.1, -0.05) is 0 Å². The van der Waals surface area contributed by atoms with Gasteiger partial charge in [0.15, 0.2) is 29.4 Å². The summed E-state index contributed by atoms with van der Waals surface area (Å²) >= 11 is 0. The molecule has 8 nitrogen and oxygen atoms in total. The van der Waals surface area contributed by atoms with Gasteiger partial charge in [-0.3, -0.25) is 4.57 Å². The van der Waals surface area contributed by atoms with Gasteiger partial charge in [-0.15, -0.1) is 0 Å². The van der Waals surface area contributed by atoms with Gasteiger partial charge < -0.3 is 20.3 Å². The highest BCUT2D eigenvalue weighted by atomic mass is 19.4. The summed E-state index contributed by atoms with van der Waals surface area (Å²) in [5.74, 6) is -1.56. The Hall–Kier alpha value is -2.05. The maximum absolute atomic E-state index is 14.3. The first kappa shape index (κ1) is 18.7. The zero-order valence-electron chi connectivity index (χ0n) is 13.8. The van der Waals surface area contributed by atoms with Crippen molar-refractivity contribution in [3.8, 4) is 0 Å². The van der Waals surface area contributed by atoms with E-state index in [1.54, 1.807) is 13.8 Å². The van der Waals surface area contributed by atoms with Crippen LogP contribution in [0, 0.1) is 0 Å². The van der Waals surface area contributed by atoms with Crippen molar-refractivity contribution in [1.29, 1.82) is 0 Å². The summed E-state index contributed by atoms with van der Waals surface area (Å²) in [6.45, 7) is 2.77. The highest BCUT2D eigenvalue weighted by molar-refractivity contribution is 5.83. The average Bonchev–Trinajstić information content (AvgIpc) is 3.08. The molecule has 2 aromatic rings. The number of hydrogen-bond donors (Lipinski definition) is 3. The summed E-state index contributed by atoms with van der Waals surface area (Å²) in [6, 6.07) is -0.239. The predicted octanol–water partition coefficient (Wildman–Crippen LogP) is 1.25. The summed E-state index contributed by atoms with van der Waals surface area (Å²) in [5, 5.41) is 21.6. The largest absolute Gasteiger partial charge is 0.451 e. The molecule has 1 aliphatic heterocycles. The molecule has 0 bridgehead atoms. The van der Waals surface area contributed by atoms with Gasteiger partial charge in [-0.05, 0) is 13.8 Å². The molecule has 3 rings (SSSR count). The molecule has 0 saturated carbocycles. The minimum Gasteiger partial charge on any atom is -0.394 e. The fourth-order valence-electron chi connectivity index (χ4n) is 2.68. The predicted molar refractivity (Wildman–Crippen MR) is 81.0 cm³/mol. The fraction of sp³-hybridized carbons (Fsp3) is 0.643. The number of aromatic nitrogens is 4. The number of halogens is 4. The quantitative estimate of drug-likeness (QED) is 0.687. The Morgan fingerprint density at radius 2 is 2.04 bits per heavy atom. The smallest absolute Gasteiger partial charge is 0.394 e. The zero-order chi connectivity index (χ0) is 19.2. The lowest BCUT2D eigenvalue weighted by Crippen LogP contribution is -2.30. The summed E-state index contributed by atoms with van der Waals surface area (Å²) in [7, 11) is 0. The molecule has 2 aromatic heterocycles. The topological polar surface area (TPSA) is 105 Å². The van der Waals surface area contributed by atoms with Crippen molar-refractivity contribution in [2.24, 2.45) is 0 Å². The number of nitrogens with zero attached hydrogens (tertiary/aromatic N) is 4. The molecule has 1 fully saturated rings. The molecular weight excluding hydrogens is 362 g/mol. The SMILES string of the molecule is CC(C)Nc1nc(C(F)(F)F)nc2c1ncn2[C@@H]1O[C@H](CO)C(O)C1F. The van der Waals surface area contributed by atoms with Crippen molar-refractivity contribution in [3.05, 3.63) is 12.2 Å². The molecule has 0 aromatic carbocycles. The van der Waals surface area contributed by atoms with Crippen LogP contribution in [0.15, 0.2) is 6.33 Å². The van der Waals surface area contributed by atoms with E-state index in [1.807, 2.05) is 0 Å². The number of ether oxygens (including phenoxy) is 1. The van der Waals surface area contributed by atoms with E-state index in [-0.39, 0.29) is 23.0 Å². The second kappa shape index (κ2) is 6.59. The minimum atomic E-state index is -4.82. The number of hydrogen-bond acceptors (Lipinski definition) is 7. The van der Waals surface area contributed by atoms with E-state index in [9.17, 15) is 22.7 Å². The highest BCUT2D eigenvalue weighted by Crippen LogP contribution is 2.36. The van der Waals surface area contributed by atoms with Crippen LogP contribution in [0.2, 0.25) is 0 Å². The summed E-state index contributed by atoms with van der Waals surface area (Å²) in [6.07, 6.45) is -10.0. The molecule has 3 N–H and O–H groups in total. The molecule has 4 atom stereocenters. The average molecular weight is 379 g/mol. The van der Waals surface area contributed by atoms with Crippen LogP contribution in [0.1, 0.15) is 25.9 Å². The molecule has 1 saturated heterocycles. The molecular formula is C14H17F4N5O3. The Labute approximate surface area is 144 Å². The lowest BCUT2D eigenvalue weighted by atomic mass is 10.1. The van der Waals surface area contributed by atoms with Gasteiger partial charge in [0.1, 0.15) is 12.2 Å². The normalized spacial score (nSPS) is 26.8. The number of alkyl halides is 4. The van der Waals surface area contributed by atoms with Crippen molar-refractivity contribution in [2.75, 3.05) is 11.9 Å². The molecule has 0 amide bonds. The molecule has 26 heavy (non-hydrogen) atoms. The van der Waals surface area contributed by atoms with Crippen molar-refractivity contribution < 1.29 is 32.5 Å². The second-order valence-corrected chi connectivity index (χ2v) is 6.20. The third-order valence-corrected chi connectivity index (χ3v) is 3.85. The van der Waals surface area contributed by atoms with E-state index in [2.05, 4.69) is 20.3 Å². The standard InChI is InChI=1S/C14H17F4N5O3/c1-5(2)20-10-8-11(22-13(21-10)14(16,17)18)23(4-19-8)12-7(15)9(25)6(3-24)26-12/h4-7,9,12,24-25H,3H2,1-2H3,(H,20,21,22)/t6-,7?,9?,12-/m1/s1. The number of fused-ring (bicyclic) bond motifs is 1. The Bertz CT molecular complexity index is 797. The lowest BCUT2D eigenvalue weighted by Gasteiger charge is -2.16. The minimum absolute atomic E-state index is 0.00411. The second-order valence-electron chi connectivity index (χ2n) is 6.20. The van der Waals surface area contributed by atoms with Crippen LogP contribution >= 0.6 is 0 Å². The van der Waals surface area contributed by atoms with E-state index in [0.29, 0.717) is 0 Å². The molecule has 3 heterocycles. The first-order chi connectivity index (χ1) is 12.1. The van der Waals surface area contributed by atoms with Crippen LogP contribution < -0.4 is 5.32 Å². The van der Waals surface area contributed by atoms with Crippen LogP contribution in [-0.4, -0.2) is 60.8 Å². The van der Waals surface area contributed by atoms with E-state index < -0.39 is 43.2 Å². The number of imidazole rings is 1. The number of nitrogens with one attached hydrogen (secondary N) is 1. The molecule has 0 radical (unpaired) electrons. The Kier molecular flexibility index (Phi) is 4.75. The molecule has 12 heteroatoms. The van der Waals surface area contributed by atoms with Crippen LogP contribution in [0.4, 0.5) is 23.4 Å². The highest BCUT2D eigenvalue weighted by Gasteiger charge is 2.46. The first-order valence-electron chi connectivity index (χ1n) is 7.80. The van der Waals surface area contributed by atoms with Crippen molar-refractivity contribution in [2.45, 2.75) is 50.7 Å². The van der Waals surface area contributed by atoms with Gasteiger partial charge >= 0.3 is 6.18 Å². The maximum atomic E-state index is 14.3. The van der Waals surface area contributed by atoms with Crippen LogP contribution in [0.25, 0.3) is 11.2 Å².